The maximum absolute atomic E-state index is 8.95. The van der Waals surface area contributed by atoms with Gasteiger partial charge in [0, 0.05) is 5.71 Å². The molecule has 1 rings (SSSR count). The van der Waals surface area contributed by atoms with Crippen molar-refractivity contribution < 1.29 is 5.11 Å². The van der Waals surface area contributed by atoms with E-state index in [1.165, 1.54) is 11.8 Å². The Balaban J connectivity index is 2.89. The number of aliphatic hydroxyl groups excluding tert-OH is 1. The first-order chi connectivity index (χ1) is 6.59. The van der Waals surface area contributed by atoms with E-state index in [0.717, 1.165) is 11.3 Å². The highest BCUT2D eigenvalue weighted by Gasteiger charge is 1.94. The van der Waals surface area contributed by atoms with Gasteiger partial charge in [0.2, 0.25) is 0 Å². The second kappa shape index (κ2) is 4.61. The van der Waals surface area contributed by atoms with E-state index >= 15 is 0 Å². The zero-order valence-corrected chi connectivity index (χ0v) is 8.78. The van der Waals surface area contributed by atoms with Gasteiger partial charge in [-0.1, -0.05) is 29.8 Å². The van der Waals surface area contributed by atoms with E-state index in [1.54, 1.807) is 6.92 Å². The largest absolute Gasteiger partial charge is 0.511 e. The molecule has 74 valence electrons. The van der Waals surface area contributed by atoms with Crippen LogP contribution in [-0.2, 0) is 0 Å². The molecule has 0 bridgehead atoms. The van der Waals surface area contributed by atoms with Crippen molar-refractivity contribution in [1.29, 1.82) is 0 Å². The molecule has 0 heterocycles. The first kappa shape index (κ1) is 10.5. The number of aliphatic imine (C=N–C) groups is 1. The molecule has 0 aliphatic carbocycles. The van der Waals surface area contributed by atoms with Crippen molar-refractivity contribution in [2.75, 3.05) is 0 Å². The molecule has 0 radical (unpaired) electrons. The Morgan fingerprint density at radius 3 is 2.29 bits per heavy atom. The molecular weight excluding hydrogens is 174 g/mol. The van der Waals surface area contributed by atoms with E-state index in [0.29, 0.717) is 0 Å². The molecule has 0 saturated carbocycles. The number of nitrogens with zero attached hydrogens (tertiary/aromatic N) is 1. The normalized spacial score (nSPS) is 13.1. The Bertz CT molecular complexity index is 356. The smallest absolute Gasteiger partial charge is 0.107 e. The first-order valence-electron chi connectivity index (χ1n) is 4.57. The van der Waals surface area contributed by atoms with Gasteiger partial charge in [0.05, 0.1) is 6.20 Å². The van der Waals surface area contributed by atoms with E-state index in [2.05, 4.69) is 4.99 Å². The summed E-state index contributed by atoms with van der Waals surface area (Å²) in [4.78, 5) is 4.13. The van der Waals surface area contributed by atoms with Crippen LogP contribution in [0.4, 0.5) is 0 Å². The van der Waals surface area contributed by atoms with Gasteiger partial charge in [0.25, 0.3) is 0 Å². The second-order valence-corrected chi connectivity index (χ2v) is 3.35. The standard InChI is InChI=1S/C12H15NO/c1-9-4-6-12(7-5-9)11(3)13-8-10(2)14/h4-8,14H,1-3H3/b10-8-,13-11?. The van der Waals surface area contributed by atoms with E-state index < -0.39 is 0 Å². The van der Waals surface area contributed by atoms with Crippen molar-refractivity contribution in [1.82, 2.24) is 0 Å². The van der Waals surface area contributed by atoms with Crippen LogP contribution in [0.2, 0.25) is 0 Å². The van der Waals surface area contributed by atoms with Crippen molar-refractivity contribution >= 4 is 5.71 Å². The van der Waals surface area contributed by atoms with Crippen LogP contribution in [0, 0.1) is 6.92 Å². The lowest BCUT2D eigenvalue weighted by atomic mass is 10.1. The topological polar surface area (TPSA) is 32.6 Å². The summed E-state index contributed by atoms with van der Waals surface area (Å²) < 4.78 is 0. The summed E-state index contributed by atoms with van der Waals surface area (Å²) in [5.41, 5.74) is 3.21. The summed E-state index contributed by atoms with van der Waals surface area (Å²) in [6.07, 6.45) is 1.45. The average molecular weight is 189 g/mol. The van der Waals surface area contributed by atoms with Crippen LogP contribution in [0.5, 0.6) is 0 Å². The zero-order valence-electron chi connectivity index (χ0n) is 8.78. The third-order valence-electron chi connectivity index (χ3n) is 1.91. The van der Waals surface area contributed by atoms with Gasteiger partial charge in [0.15, 0.2) is 0 Å². The number of hydrogen-bond donors (Lipinski definition) is 1. The van der Waals surface area contributed by atoms with Crippen LogP contribution in [0.25, 0.3) is 0 Å². The zero-order chi connectivity index (χ0) is 10.6. The SMILES string of the molecule is CC(=N/C=C(/C)O)c1ccc(C)cc1. The highest BCUT2D eigenvalue weighted by atomic mass is 16.3. The molecule has 0 atom stereocenters. The van der Waals surface area contributed by atoms with Gasteiger partial charge in [-0.3, -0.25) is 4.99 Å². The van der Waals surface area contributed by atoms with Gasteiger partial charge in [-0.25, -0.2) is 0 Å². The average Bonchev–Trinajstić information content (AvgIpc) is 2.15. The van der Waals surface area contributed by atoms with Crippen molar-refractivity contribution in [2.24, 2.45) is 4.99 Å². The first-order valence-corrected chi connectivity index (χ1v) is 4.57. The molecule has 2 heteroatoms. The number of rotatable bonds is 2. The summed E-state index contributed by atoms with van der Waals surface area (Å²) in [6, 6.07) is 8.14. The number of aryl methyl sites for hydroxylation is 1. The third-order valence-corrected chi connectivity index (χ3v) is 1.91. The Hall–Kier alpha value is -1.57. The monoisotopic (exact) mass is 189 g/mol. The number of benzene rings is 1. The molecule has 0 aliphatic heterocycles. The fourth-order valence-corrected chi connectivity index (χ4v) is 1.06. The van der Waals surface area contributed by atoms with E-state index in [4.69, 9.17) is 5.11 Å². The Morgan fingerprint density at radius 2 is 1.79 bits per heavy atom. The number of allylic oxidation sites excluding steroid dienone is 1. The summed E-state index contributed by atoms with van der Waals surface area (Å²) in [5, 5.41) is 8.95. The highest BCUT2D eigenvalue weighted by molar-refractivity contribution is 5.99. The molecule has 0 saturated heterocycles. The molecule has 1 aromatic rings. The molecule has 1 aromatic carbocycles. The molecule has 0 unspecified atom stereocenters. The van der Waals surface area contributed by atoms with Crippen LogP contribution in [0.15, 0.2) is 41.2 Å². The Morgan fingerprint density at radius 1 is 1.21 bits per heavy atom. The minimum absolute atomic E-state index is 0.219. The van der Waals surface area contributed by atoms with Crippen LogP contribution in [0.1, 0.15) is 25.0 Å². The molecule has 2 nitrogen and oxygen atoms in total. The Kier molecular flexibility index (Phi) is 3.46. The van der Waals surface area contributed by atoms with Crippen molar-refractivity contribution in [2.45, 2.75) is 20.8 Å². The van der Waals surface area contributed by atoms with Crippen LogP contribution in [0.3, 0.4) is 0 Å². The van der Waals surface area contributed by atoms with Crippen LogP contribution >= 0.6 is 0 Å². The van der Waals surface area contributed by atoms with E-state index in [1.807, 2.05) is 38.1 Å². The molecule has 0 spiro atoms. The number of hydrogen-bond acceptors (Lipinski definition) is 2. The lowest BCUT2D eigenvalue weighted by Gasteiger charge is -1.99. The minimum atomic E-state index is 0.219. The summed E-state index contributed by atoms with van der Waals surface area (Å²) >= 11 is 0. The van der Waals surface area contributed by atoms with E-state index in [9.17, 15) is 0 Å². The summed E-state index contributed by atoms with van der Waals surface area (Å²) in [5.74, 6) is 0.219. The lowest BCUT2D eigenvalue weighted by molar-refractivity contribution is 0.412. The third kappa shape index (κ3) is 3.05. The number of aliphatic hydroxyl groups is 1. The van der Waals surface area contributed by atoms with Crippen LogP contribution < -0.4 is 0 Å². The molecule has 0 aromatic heterocycles. The molecule has 14 heavy (non-hydrogen) atoms. The van der Waals surface area contributed by atoms with Gasteiger partial charge in [0.1, 0.15) is 5.76 Å². The molecule has 0 amide bonds. The molecular formula is C12H15NO. The molecule has 0 aliphatic rings. The van der Waals surface area contributed by atoms with Gasteiger partial charge in [-0.15, -0.1) is 0 Å². The maximum Gasteiger partial charge on any atom is 0.107 e. The van der Waals surface area contributed by atoms with Crippen molar-refractivity contribution in [3.8, 4) is 0 Å². The maximum atomic E-state index is 8.95. The minimum Gasteiger partial charge on any atom is -0.511 e. The molecule has 1 N–H and O–H groups in total. The van der Waals surface area contributed by atoms with Crippen molar-refractivity contribution in [3.05, 3.63) is 47.4 Å². The van der Waals surface area contributed by atoms with Crippen LogP contribution in [-0.4, -0.2) is 10.8 Å². The van der Waals surface area contributed by atoms with Gasteiger partial charge >= 0.3 is 0 Å². The predicted octanol–water partition coefficient (Wildman–Crippen LogP) is 3.22. The summed E-state index contributed by atoms with van der Waals surface area (Å²) in [7, 11) is 0. The summed E-state index contributed by atoms with van der Waals surface area (Å²) in [6.45, 7) is 5.57. The molecule has 0 fully saturated rings. The van der Waals surface area contributed by atoms with Gasteiger partial charge in [-0.2, -0.15) is 0 Å². The van der Waals surface area contributed by atoms with Gasteiger partial charge < -0.3 is 5.11 Å². The predicted molar refractivity (Wildman–Crippen MR) is 59.8 cm³/mol. The fourth-order valence-electron chi connectivity index (χ4n) is 1.06. The fraction of sp³-hybridized carbons (Fsp3) is 0.250. The lowest BCUT2D eigenvalue weighted by Crippen LogP contribution is -1.93. The van der Waals surface area contributed by atoms with E-state index in [-0.39, 0.29) is 5.76 Å². The van der Waals surface area contributed by atoms with Crippen molar-refractivity contribution in [3.63, 3.8) is 0 Å². The second-order valence-electron chi connectivity index (χ2n) is 3.35. The quantitative estimate of drug-likeness (QED) is 0.562. The highest BCUT2D eigenvalue weighted by Crippen LogP contribution is 2.05. The Labute approximate surface area is 84.6 Å². The van der Waals surface area contributed by atoms with Gasteiger partial charge in [-0.05, 0) is 26.3 Å².